The highest BCUT2D eigenvalue weighted by Crippen LogP contribution is 2.31. The first-order valence-electron chi connectivity index (χ1n) is 7.14. The number of ether oxygens (including phenoxy) is 1. The van der Waals surface area contributed by atoms with E-state index in [-0.39, 0.29) is 11.9 Å². The lowest BCUT2D eigenvalue weighted by molar-refractivity contribution is -0.148. The number of carbonyl (C=O) groups is 2. The minimum absolute atomic E-state index is 0.0154. The van der Waals surface area contributed by atoms with Gasteiger partial charge < -0.3 is 14.7 Å². The van der Waals surface area contributed by atoms with Crippen molar-refractivity contribution in [3.8, 4) is 0 Å². The van der Waals surface area contributed by atoms with Crippen LogP contribution in [-0.4, -0.2) is 41.8 Å². The highest BCUT2D eigenvalue weighted by molar-refractivity contribution is 5.73. The number of amides is 1. The molecular weight excluding hydrogens is 258 g/mol. The number of hydrogen-bond donors (Lipinski definition) is 1. The van der Waals surface area contributed by atoms with Crippen LogP contribution in [0.5, 0.6) is 0 Å². The lowest BCUT2D eigenvalue weighted by Crippen LogP contribution is -2.33. The first kappa shape index (κ1) is 14.6. The molecule has 0 radical (unpaired) electrons. The van der Waals surface area contributed by atoms with E-state index >= 15 is 0 Å². The van der Waals surface area contributed by atoms with E-state index in [4.69, 9.17) is 9.84 Å². The fourth-order valence-corrected chi connectivity index (χ4v) is 2.73. The Balaban J connectivity index is 1.92. The van der Waals surface area contributed by atoms with Crippen LogP contribution in [0.15, 0.2) is 23.3 Å². The Hall–Kier alpha value is -1.78. The Morgan fingerprint density at radius 1 is 1.35 bits per heavy atom. The van der Waals surface area contributed by atoms with Gasteiger partial charge >= 0.3 is 12.1 Å². The molecule has 0 saturated carbocycles. The molecule has 1 N–H and O–H groups in total. The minimum Gasteiger partial charge on any atom is -0.466 e. The van der Waals surface area contributed by atoms with E-state index in [1.165, 1.54) is 16.0 Å². The summed E-state index contributed by atoms with van der Waals surface area (Å²) in [5.41, 5.74) is 2.51. The first-order chi connectivity index (χ1) is 9.61. The Labute approximate surface area is 118 Å². The lowest BCUT2D eigenvalue weighted by Gasteiger charge is -2.27. The standard InChI is InChI=1S/C15H21NO4/c1-2-20-14(17)13-5-3-11(4-6-13)12-7-9-16(10-8-12)15(18)19/h3,7,13H,2,4-6,8-10H2,1H3,(H,18,19). The smallest absolute Gasteiger partial charge is 0.407 e. The van der Waals surface area contributed by atoms with Gasteiger partial charge in [-0.3, -0.25) is 4.79 Å². The summed E-state index contributed by atoms with van der Waals surface area (Å²) in [5, 5.41) is 8.91. The van der Waals surface area contributed by atoms with Gasteiger partial charge in [-0.15, -0.1) is 0 Å². The Morgan fingerprint density at radius 2 is 2.10 bits per heavy atom. The number of allylic oxidation sites excluding steroid dienone is 2. The quantitative estimate of drug-likeness (QED) is 0.806. The first-order valence-corrected chi connectivity index (χ1v) is 7.14. The van der Waals surface area contributed by atoms with Crippen LogP contribution in [0.2, 0.25) is 0 Å². The molecule has 2 aliphatic rings. The number of esters is 1. The molecule has 110 valence electrons. The largest absolute Gasteiger partial charge is 0.466 e. The Kier molecular flexibility index (Phi) is 4.82. The van der Waals surface area contributed by atoms with Gasteiger partial charge in [0, 0.05) is 13.1 Å². The normalized spacial score (nSPS) is 22.9. The second kappa shape index (κ2) is 6.59. The van der Waals surface area contributed by atoms with E-state index in [0.29, 0.717) is 19.7 Å². The number of carbonyl (C=O) groups excluding carboxylic acids is 1. The van der Waals surface area contributed by atoms with Crippen LogP contribution in [0, 0.1) is 5.92 Å². The monoisotopic (exact) mass is 279 g/mol. The number of hydrogen-bond acceptors (Lipinski definition) is 3. The van der Waals surface area contributed by atoms with Crippen LogP contribution in [-0.2, 0) is 9.53 Å². The van der Waals surface area contributed by atoms with E-state index in [0.717, 1.165) is 25.7 Å². The van der Waals surface area contributed by atoms with Crippen molar-refractivity contribution in [3.63, 3.8) is 0 Å². The molecule has 20 heavy (non-hydrogen) atoms. The molecule has 0 aromatic rings. The maximum absolute atomic E-state index is 11.7. The number of nitrogens with zero attached hydrogens (tertiary/aromatic N) is 1. The van der Waals surface area contributed by atoms with Crippen molar-refractivity contribution in [2.75, 3.05) is 19.7 Å². The van der Waals surface area contributed by atoms with Crippen molar-refractivity contribution in [2.24, 2.45) is 5.92 Å². The molecule has 1 atom stereocenters. The molecule has 1 aliphatic heterocycles. The molecule has 1 aliphatic carbocycles. The van der Waals surface area contributed by atoms with Gasteiger partial charge in [-0.25, -0.2) is 4.79 Å². The zero-order valence-corrected chi connectivity index (χ0v) is 11.8. The van der Waals surface area contributed by atoms with Crippen molar-refractivity contribution in [2.45, 2.75) is 32.6 Å². The molecule has 5 heteroatoms. The van der Waals surface area contributed by atoms with Crippen LogP contribution in [0.25, 0.3) is 0 Å². The molecular formula is C15H21NO4. The second-order valence-electron chi connectivity index (χ2n) is 5.16. The highest BCUT2D eigenvalue weighted by atomic mass is 16.5. The molecule has 1 unspecified atom stereocenters. The summed E-state index contributed by atoms with van der Waals surface area (Å²) in [6, 6.07) is 0. The van der Waals surface area contributed by atoms with E-state index in [1.54, 1.807) is 0 Å². The highest BCUT2D eigenvalue weighted by Gasteiger charge is 2.25. The molecule has 0 spiro atoms. The average Bonchev–Trinajstić information content (AvgIpc) is 2.48. The van der Waals surface area contributed by atoms with E-state index in [2.05, 4.69) is 6.08 Å². The fourth-order valence-electron chi connectivity index (χ4n) is 2.73. The Bertz CT molecular complexity index is 453. The summed E-state index contributed by atoms with van der Waals surface area (Å²) >= 11 is 0. The van der Waals surface area contributed by atoms with Gasteiger partial charge in [0.1, 0.15) is 0 Å². The molecule has 1 heterocycles. The molecule has 2 rings (SSSR count). The zero-order chi connectivity index (χ0) is 14.5. The predicted molar refractivity (Wildman–Crippen MR) is 74.4 cm³/mol. The van der Waals surface area contributed by atoms with Gasteiger partial charge in [-0.05, 0) is 43.8 Å². The van der Waals surface area contributed by atoms with E-state index in [1.807, 2.05) is 13.0 Å². The number of carboxylic acid groups (broad SMARTS) is 1. The van der Waals surface area contributed by atoms with Crippen LogP contribution in [0.1, 0.15) is 32.6 Å². The minimum atomic E-state index is -0.861. The molecule has 0 saturated heterocycles. The summed E-state index contributed by atoms with van der Waals surface area (Å²) in [6.45, 7) is 3.27. The fraction of sp³-hybridized carbons (Fsp3) is 0.600. The van der Waals surface area contributed by atoms with Crippen LogP contribution < -0.4 is 0 Å². The second-order valence-corrected chi connectivity index (χ2v) is 5.16. The molecule has 0 fully saturated rings. The van der Waals surface area contributed by atoms with Gasteiger partial charge in [0.15, 0.2) is 0 Å². The van der Waals surface area contributed by atoms with Crippen molar-refractivity contribution < 1.29 is 19.4 Å². The van der Waals surface area contributed by atoms with Gasteiger partial charge in [-0.2, -0.15) is 0 Å². The molecule has 0 aromatic heterocycles. The van der Waals surface area contributed by atoms with Crippen molar-refractivity contribution in [1.29, 1.82) is 0 Å². The maximum Gasteiger partial charge on any atom is 0.407 e. The summed E-state index contributed by atoms with van der Waals surface area (Å²) < 4.78 is 5.05. The van der Waals surface area contributed by atoms with E-state index < -0.39 is 6.09 Å². The lowest BCUT2D eigenvalue weighted by atomic mass is 9.85. The van der Waals surface area contributed by atoms with Crippen LogP contribution in [0.3, 0.4) is 0 Å². The predicted octanol–water partition coefficient (Wildman–Crippen LogP) is 2.59. The molecule has 5 nitrogen and oxygen atoms in total. The molecule has 1 amide bonds. The van der Waals surface area contributed by atoms with Crippen LogP contribution in [0.4, 0.5) is 4.79 Å². The van der Waals surface area contributed by atoms with E-state index in [9.17, 15) is 9.59 Å². The third-order valence-corrected chi connectivity index (χ3v) is 3.92. The maximum atomic E-state index is 11.7. The topological polar surface area (TPSA) is 66.8 Å². The average molecular weight is 279 g/mol. The van der Waals surface area contributed by atoms with Gasteiger partial charge in [0.25, 0.3) is 0 Å². The van der Waals surface area contributed by atoms with Gasteiger partial charge in [-0.1, -0.05) is 12.2 Å². The molecule has 0 bridgehead atoms. The zero-order valence-electron chi connectivity index (χ0n) is 11.8. The Morgan fingerprint density at radius 3 is 2.60 bits per heavy atom. The van der Waals surface area contributed by atoms with Crippen molar-refractivity contribution in [3.05, 3.63) is 23.3 Å². The third-order valence-electron chi connectivity index (χ3n) is 3.92. The van der Waals surface area contributed by atoms with Crippen molar-refractivity contribution >= 4 is 12.1 Å². The SMILES string of the molecule is CCOC(=O)C1CC=C(C2=CCN(C(=O)O)CC2)CC1. The third kappa shape index (κ3) is 3.40. The summed E-state index contributed by atoms with van der Waals surface area (Å²) in [6.07, 6.45) is 6.45. The summed E-state index contributed by atoms with van der Waals surface area (Å²) in [4.78, 5) is 23.9. The van der Waals surface area contributed by atoms with Gasteiger partial charge in [0.05, 0.1) is 12.5 Å². The summed E-state index contributed by atoms with van der Waals surface area (Å²) in [5.74, 6) is -0.115. The van der Waals surface area contributed by atoms with Gasteiger partial charge in [0.2, 0.25) is 0 Å². The number of rotatable bonds is 3. The molecule has 0 aromatic carbocycles. The summed E-state index contributed by atoms with van der Waals surface area (Å²) in [7, 11) is 0. The van der Waals surface area contributed by atoms with Crippen LogP contribution >= 0.6 is 0 Å². The van der Waals surface area contributed by atoms with Crippen molar-refractivity contribution in [1.82, 2.24) is 4.90 Å².